The van der Waals surface area contributed by atoms with Gasteiger partial charge in [0.25, 0.3) is 0 Å². The number of hydrogen-bond acceptors (Lipinski definition) is 3. The Morgan fingerprint density at radius 3 is 2.69 bits per heavy atom. The van der Waals surface area contributed by atoms with E-state index >= 15 is 0 Å². The third-order valence-corrected chi connectivity index (χ3v) is 3.16. The molecule has 0 bridgehead atoms. The molecule has 3 heteroatoms. The molecular formula is C13H22N2O. The van der Waals surface area contributed by atoms with Gasteiger partial charge in [0.15, 0.2) is 0 Å². The van der Waals surface area contributed by atoms with Crippen molar-refractivity contribution in [3.05, 3.63) is 0 Å². The van der Waals surface area contributed by atoms with Crippen LogP contribution in [-0.4, -0.2) is 61.8 Å². The van der Waals surface area contributed by atoms with Gasteiger partial charge in [-0.3, -0.25) is 4.90 Å². The van der Waals surface area contributed by atoms with Gasteiger partial charge in [-0.1, -0.05) is 25.7 Å². The van der Waals surface area contributed by atoms with Crippen LogP contribution in [0.25, 0.3) is 0 Å². The van der Waals surface area contributed by atoms with E-state index in [0.29, 0.717) is 5.92 Å². The molecule has 0 aromatic heterocycles. The van der Waals surface area contributed by atoms with Gasteiger partial charge in [-0.15, -0.1) is 0 Å². The number of ether oxygens (including phenoxy) is 1. The molecule has 2 rings (SSSR count). The van der Waals surface area contributed by atoms with E-state index in [1.807, 2.05) is 0 Å². The molecule has 3 nitrogen and oxygen atoms in total. The van der Waals surface area contributed by atoms with Crippen LogP contribution in [0.2, 0.25) is 0 Å². The average Bonchev–Trinajstić information content (AvgIpc) is 2.14. The maximum atomic E-state index is 5.90. The Hall–Kier alpha value is -0.560. The van der Waals surface area contributed by atoms with Gasteiger partial charge in [0.05, 0.1) is 13.2 Å². The summed E-state index contributed by atoms with van der Waals surface area (Å²) in [5, 5.41) is 0. The van der Waals surface area contributed by atoms with Gasteiger partial charge in [0.1, 0.15) is 5.60 Å². The maximum Gasteiger partial charge on any atom is 0.106 e. The minimum absolute atomic E-state index is 0.118. The number of likely N-dealkylation sites (tertiary alicyclic amines) is 1. The van der Waals surface area contributed by atoms with Crippen LogP contribution < -0.4 is 0 Å². The van der Waals surface area contributed by atoms with Crippen LogP contribution in [0.3, 0.4) is 0 Å². The lowest BCUT2D eigenvalue weighted by Crippen LogP contribution is -2.69. The molecule has 0 unspecified atom stereocenters. The van der Waals surface area contributed by atoms with Crippen LogP contribution in [0.5, 0.6) is 0 Å². The Kier molecular flexibility index (Phi) is 3.53. The number of rotatable bonds is 1. The first-order valence-electron chi connectivity index (χ1n) is 6.13. The highest BCUT2D eigenvalue weighted by molar-refractivity contribution is 5.08. The molecule has 0 radical (unpaired) electrons. The Labute approximate surface area is 98.7 Å². The van der Waals surface area contributed by atoms with Gasteiger partial charge in [-0.25, -0.2) is 0 Å². The third kappa shape index (κ3) is 2.76. The first-order valence-corrected chi connectivity index (χ1v) is 6.13. The lowest BCUT2D eigenvalue weighted by molar-refractivity contribution is -0.176. The van der Waals surface area contributed by atoms with Crippen molar-refractivity contribution in [3.63, 3.8) is 0 Å². The second-order valence-corrected chi connectivity index (χ2v) is 5.39. The van der Waals surface area contributed by atoms with E-state index in [9.17, 15) is 0 Å². The highest BCUT2D eigenvalue weighted by Gasteiger charge is 2.45. The second-order valence-electron chi connectivity index (χ2n) is 5.39. The molecule has 2 saturated heterocycles. The van der Waals surface area contributed by atoms with Gasteiger partial charge >= 0.3 is 0 Å². The molecule has 90 valence electrons. The number of hydrogen-bond donors (Lipinski definition) is 0. The Morgan fingerprint density at radius 2 is 2.06 bits per heavy atom. The standard InChI is InChI=1S/C13H22N2O/c1-12(2)5-4-6-15-10-13(11-15)9-14(3)7-8-16-13/h12H,6-11H2,1-3H3. The van der Waals surface area contributed by atoms with Crippen LogP contribution in [0.4, 0.5) is 0 Å². The summed E-state index contributed by atoms with van der Waals surface area (Å²) in [6.45, 7) is 10.3. The zero-order valence-corrected chi connectivity index (χ0v) is 10.6. The predicted molar refractivity (Wildman–Crippen MR) is 65.2 cm³/mol. The summed E-state index contributed by atoms with van der Waals surface area (Å²) in [4.78, 5) is 4.73. The maximum absolute atomic E-state index is 5.90. The molecule has 0 aromatic carbocycles. The molecule has 0 amide bonds. The van der Waals surface area contributed by atoms with E-state index in [1.165, 1.54) is 0 Å². The zero-order valence-electron chi connectivity index (χ0n) is 10.6. The van der Waals surface area contributed by atoms with Crippen molar-refractivity contribution in [2.24, 2.45) is 5.92 Å². The fourth-order valence-corrected chi connectivity index (χ4v) is 2.47. The fourth-order valence-electron chi connectivity index (χ4n) is 2.47. The van der Waals surface area contributed by atoms with Crippen molar-refractivity contribution in [3.8, 4) is 11.8 Å². The molecule has 2 heterocycles. The average molecular weight is 222 g/mol. The quantitative estimate of drug-likeness (QED) is 0.606. The Morgan fingerprint density at radius 1 is 1.31 bits per heavy atom. The first kappa shape index (κ1) is 11.9. The Bertz CT molecular complexity index is 297. The van der Waals surface area contributed by atoms with Crippen molar-refractivity contribution in [2.75, 3.05) is 46.4 Å². The minimum Gasteiger partial charge on any atom is -0.370 e. The highest BCUT2D eigenvalue weighted by atomic mass is 16.5. The Balaban J connectivity index is 1.75. The molecule has 0 saturated carbocycles. The molecule has 0 aliphatic carbocycles. The number of morpholine rings is 1. The molecule has 2 aliphatic rings. The summed E-state index contributed by atoms with van der Waals surface area (Å²) >= 11 is 0. The largest absolute Gasteiger partial charge is 0.370 e. The summed E-state index contributed by atoms with van der Waals surface area (Å²) < 4.78 is 5.90. The molecule has 0 N–H and O–H groups in total. The summed E-state index contributed by atoms with van der Waals surface area (Å²) in [6.07, 6.45) is 0. The molecule has 2 fully saturated rings. The van der Waals surface area contributed by atoms with Crippen LogP contribution in [0.1, 0.15) is 13.8 Å². The number of likely N-dealkylation sites (N-methyl/N-ethyl adjacent to an activating group) is 1. The van der Waals surface area contributed by atoms with Crippen molar-refractivity contribution < 1.29 is 4.74 Å². The normalized spacial score (nSPS) is 25.2. The SMILES string of the molecule is CC(C)C#CCN1CC2(CN(C)CCO2)C1. The van der Waals surface area contributed by atoms with E-state index < -0.39 is 0 Å². The molecule has 2 aliphatic heterocycles. The predicted octanol–water partition coefficient (Wildman–Crippen LogP) is 0.662. The monoisotopic (exact) mass is 222 g/mol. The molecule has 1 spiro atoms. The summed E-state index contributed by atoms with van der Waals surface area (Å²) in [5.41, 5.74) is 0.118. The van der Waals surface area contributed by atoms with Crippen molar-refractivity contribution in [2.45, 2.75) is 19.4 Å². The van der Waals surface area contributed by atoms with Crippen LogP contribution >= 0.6 is 0 Å². The van der Waals surface area contributed by atoms with E-state index in [2.05, 4.69) is 42.5 Å². The van der Waals surface area contributed by atoms with E-state index in [0.717, 1.165) is 39.3 Å². The highest BCUT2D eigenvalue weighted by Crippen LogP contribution is 2.27. The lowest BCUT2D eigenvalue weighted by atomic mass is 9.92. The summed E-state index contributed by atoms with van der Waals surface area (Å²) in [6, 6.07) is 0. The molecule has 16 heavy (non-hydrogen) atoms. The summed E-state index contributed by atoms with van der Waals surface area (Å²) in [7, 11) is 2.17. The van der Waals surface area contributed by atoms with Gasteiger partial charge in [0.2, 0.25) is 0 Å². The van der Waals surface area contributed by atoms with E-state index in [4.69, 9.17) is 4.74 Å². The van der Waals surface area contributed by atoms with E-state index in [-0.39, 0.29) is 5.60 Å². The van der Waals surface area contributed by atoms with Crippen LogP contribution in [-0.2, 0) is 4.74 Å². The topological polar surface area (TPSA) is 15.7 Å². The lowest BCUT2D eigenvalue weighted by Gasteiger charge is -2.53. The molecule has 0 atom stereocenters. The van der Waals surface area contributed by atoms with Crippen molar-refractivity contribution in [1.29, 1.82) is 0 Å². The van der Waals surface area contributed by atoms with Gasteiger partial charge in [-0.05, 0) is 7.05 Å². The number of nitrogens with zero attached hydrogens (tertiary/aromatic N) is 2. The van der Waals surface area contributed by atoms with Crippen LogP contribution in [0.15, 0.2) is 0 Å². The van der Waals surface area contributed by atoms with Crippen molar-refractivity contribution in [1.82, 2.24) is 9.80 Å². The summed E-state index contributed by atoms with van der Waals surface area (Å²) in [5.74, 6) is 6.91. The van der Waals surface area contributed by atoms with E-state index in [1.54, 1.807) is 0 Å². The second kappa shape index (κ2) is 4.75. The molecular weight excluding hydrogens is 200 g/mol. The van der Waals surface area contributed by atoms with Gasteiger partial charge < -0.3 is 9.64 Å². The first-order chi connectivity index (χ1) is 7.60. The van der Waals surface area contributed by atoms with Crippen molar-refractivity contribution >= 4 is 0 Å². The zero-order chi connectivity index (χ0) is 11.6. The van der Waals surface area contributed by atoms with Gasteiger partial charge in [-0.2, -0.15) is 0 Å². The third-order valence-electron chi connectivity index (χ3n) is 3.16. The fraction of sp³-hybridized carbons (Fsp3) is 0.846. The van der Waals surface area contributed by atoms with Crippen LogP contribution in [0, 0.1) is 17.8 Å². The molecule has 0 aromatic rings. The smallest absolute Gasteiger partial charge is 0.106 e. The van der Waals surface area contributed by atoms with Gasteiger partial charge in [0, 0.05) is 32.1 Å². The minimum atomic E-state index is 0.118.